The Morgan fingerprint density at radius 1 is 1.10 bits per heavy atom. The summed E-state index contributed by atoms with van der Waals surface area (Å²) in [5, 5.41) is 0. The van der Waals surface area contributed by atoms with Crippen LogP contribution in [0.3, 0.4) is 0 Å². The van der Waals surface area contributed by atoms with E-state index in [1.165, 1.54) is 24.3 Å². The fourth-order valence-electron chi connectivity index (χ4n) is 2.09. The lowest BCUT2D eigenvalue weighted by molar-refractivity contribution is 0.103. The van der Waals surface area contributed by atoms with E-state index in [1.54, 1.807) is 12.1 Å². The summed E-state index contributed by atoms with van der Waals surface area (Å²) in [6.07, 6.45) is 0. The third-order valence-corrected chi connectivity index (χ3v) is 3.05. The lowest BCUT2D eigenvalue weighted by Crippen LogP contribution is -2.17. The summed E-state index contributed by atoms with van der Waals surface area (Å²) in [6.45, 7) is 0.869. The molecule has 1 aliphatic rings. The van der Waals surface area contributed by atoms with E-state index in [0.717, 1.165) is 0 Å². The van der Waals surface area contributed by atoms with E-state index in [-0.39, 0.29) is 22.6 Å². The van der Waals surface area contributed by atoms with Crippen molar-refractivity contribution in [1.82, 2.24) is 0 Å². The van der Waals surface area contributed by atoms with E-state index in [9.17, 15) is 9.18 Å². The molecule has 2 aromatic carbocycles. The summed E-state index contributed by atoms with van der Waals surface area (Å²) in [5.41, 5.74) is 6.67. The van der Waals surface area contributed by atoms with Crippen molar-refractivity contribution >= 4 is 11.5 Å². The number of nitrogen functional groups attached to an aromatic ring is 1. The first kappa shape index (κ1) is 12.5. The Balaban J connectivity index is 2.03. The van der Waals surface area contributed by atoms with Gasteiger partial charge in [-0.1, -0.05) is 12.1 Å². The molecule has 2 aromatic rings. The molecule has 0 spiro atoms. The molecule has 0 bridgehead atoms. The Bertz CT molecular complexity index is 685. The average Bonchev–Trinajstić information content (AvgIpc) is 2.46. The van der Waals surface area contributed by atoms with Crippen molar-refractivity contribution < 1.29 is 18.7 Å². The molecule has 0 fully saturated rings. The van der Waals surface area contributed by atoms with Gasteiger partial charge >= 0.3 is 0 Å². The van der Waals surface area contributed by atoms with Crippen LogP contribution in [0.1, 0.15) is 15.9 Å². The van der Waals surface area contributed by atoms with Crippen LogP contribution in [-0.4, -0.2) is 19.0 Å². The predicted molar refractivity (Wildman–Crippen MR) is 71.7 cm³/mol. The Labute approximate surface area is 114 Å². The van der Waals surface area contributed by atoms with Crippen LogP contribution in [0.4, 0.5) is 10.1 Å². The average molecular weight is 273 g/mol. The zero-order chi connectivity index (χ0) is 14.1. The van der Waals surface area contributed by atoms with Crippen LogP contribution in [0.15, 0.2) is 36.4 Å². The third-order valence-electron chi connectivity index (χ3n) is 3.05. The number of rotatable bonds is 2. The second-order valence-corrected chi connectivity index (χ2v) is 4.42. The maximum Gasteiger partial charge on any atom is 0.195 e. The summed E-state index contributed by atoms with van der Waals surface area (Å²) >= 11 is 0. The van der Waals surface area contributed by atoms with Crippen molar-refractivity contribution in [2.24, 2.45) is 0 Å². The van der Waals surface area contributed by atoms with E-state index < -0.39 is 5.82 Å². The Kier molecular flexibility index (Phi) is 3.02. The highest BCUT2D eigenvalue weighted by Gasteiger charge is 2.19. The summed E-state index contributed by atoms with van der Waals surface area (Å²) in [7, 11) is 0. The molecule has 2 N–H and O–H groups in total. The maximum absolute atomic E-state index is 13.2. The summed E-state index contributed by atoms with van der Waals surface area (Å²) < 4.78 is 24.0. The van der Waals surface area contributed by atoms with Gasteiger partial charge in [0.1, 0.15) is 19.0 Å². The fourth-order valence-corrected chi connectivity index (χ4v) is 2.09. The topological polar surface area (TPSA) is 61.6 Å². The summed E-state index contributed by atoms with van der Waals surface area (Å²) in [6, 6.07) is 8.58. The first-order chi connectivity index (χ1) is 9.65. The molecule has 5 heteroatoms. The highest BCUT2D eigenvalue weighted by molar-refractivity contribution is 6.12. The number of fused-ring (bicyclic) bond motifs is 1. The summed E-state index contributed by atoms with van der Waals surface area (Å²) in [5.74, 6) is 0.181. The third kappa shape index (κ3) is 2.18. The first-order valence-electron chi connectivity index (χ1n) is 6.14. The molecule has 0 aliphatic carbocycles. The van der Waals surface area contributed by atoms with Crippen molar-refractivity contribution in [2.75, 3.05) is 18.9 Å². The van der Waals surface area contributed by atoms with E-state index in [0.29, 0.717) is 24.7 Å². The van der Waals surface area contributed by atoms with E-state index >= 15 is 0 Å². The van der Waals surface area contributed by atoms with Crippen molar-refractivity contribution in [1.29, 1.82) is 0 Å². The van der Waals surface area contributed by atoms with Crippen LogP contribution < -0.4 is 15.2 Å². The van der Waals surface area contributed by atoms with E-state index in [1.807, 2.05) is 0 Å². The fraction of sp³-hybridized carbons (Fsp3) is 0.133. The second kappa shape index (κ2) is 4.85. The van der Waals surface area contributed by atoms with Crippen molar-refractivity contribution in [3.63, 3.8) is 0 Å². The number of nitrogens with two attached hydrogens (primary N) is 1. The van der Waals surface area contributed by atoms with Gasteiger partial charge in [0.15, 0.2) is 17.3 Å². The lowest BCUT2D eigenvalue weighted by atomic mass is 10.0. The van der Waals surface area contributed by atoms with E-state index in [2.05, 4.69) is 0 Å². The molecule has 0 aromatic heterocycles. The molecule has 0 unspecified atom stereocenters. The first-order valence-corrected chi connectivity index (χ1v) is 6.14. The number of ketones is 1. The molecule has 4 nitrogen and oxygen atoms in total. The molecule has 0 radical (unpaired) electrons. The van der Waals surface area contributed by atoms with Gasteiger partial charge in [-0.05, 0) is 18.2 Å². The van der Waals surface area contributed by atoms with Gasteiger partial charge in [0.25, 0.3) is 0 Å². The number of benzene rings is 2. The molecule has 20 heavy (non-hydrogen) atoms. The van der Waals surface area contributed by atoms with Gasteiger partial charge in [-0.3, -0.25) is 4.79 Å². The number of carbonyl (C=O) groups is 1. The normalized spacial score (nSPS) is 13.1. The number of hydrogen-bond acceptors (Lipinski definition) is 4. The number of hydrogen-bond donors (Lipinski definition) is 1. The van der Waals surface area contributed by atoms with Crippen LogP contribution in [-0.2, 0) is 0 Å². The van der Waals surface area contributed by atoms with Crippen LogP contribution >= 0.6 is 0 Å². The SMILES string of the molecule is Nc1cc2c(cc1C(=O)c1cccc(F)c1)OCCO2. The molecule has 0 atom stereocenters. The van der Waals surface area contributed by atoms with Crippen LogP contribution in [0, 0.1) is 5.82 Å². The monoisotopic (exact) mass is 273 g/mol. The quantitative estimate of drug-likeness (QED) is 0.674. The minimum atomic E-state index is -0.466. The smallest absolute Gasteiger partial charge is 0.195 e. The highest BCUT2D eigenvalue weighted by atomic mass is 19.1. The minimum absolute atomic E-state index is 0.244. The molecule has 3 rings (SSSR count). The molecule has 1 heterocycles. The largest absolute Gasteiger partial charge is 0.486 e. The van der Waals surface area contributed by atoms with Crippen LogP contribution in [0.2, 0.25) is 0 Å². The molecular formula is C15H12FNO3. The van der Waals surface area contributed by atoms with Gasteiger partial charge in [0.2, 0.25) is 0 Å². The van der Waals surface area contributed by atoms with Crippen LogP contribution in [0.5, 0.6) is 11.5 Å². The van der Waals surface area contributed by atoms with Gasteiger partial charge in [0, 0.05) is 22.9 Å². The summed E-state index contributed by atoms with van der Waals surface area (Å²) in [4.78, 5) is 12.4. The number of anilines is 1. The van der Waals surface area contributed by atoms with Crippen LogP contribution in [0.25, 0.3) is 0 Å². The molecule has 1 aliphatic heterocycles. The Morgan fingerprint density at radius 2 is 1.80 bits per heavy atom. The van der Waals surface area contributed by atoms with Crippen molar-refractivity contribution in [3.8, 4) is 11.5 Å². The van der Waals surface area contributed by atoms with Gasteiger partial charge in [-0.15, -0.1) is 0 Å². The highest BCUT2D eigenvalue weighted by Crippen LogP contribution is 2.35. The Hall–Kier alpha value is -2.56. The molecule has 0 saturated heterocycles. The second-order valence-electron chi connectivity index (χ2n) is 4.42. The molecule has 0 saturated carbocycles. The zero-order valence-corrected chi connectivity index (χ0v) is 10.6. The molecule has 0 amide bonds. The predicted octanol–water partition coefficient (Wildman–Crippen LogP) is 2.41. The van der Waals surface area contributed by atoms with Gasteiger partial charge < -0.3 is 15.2 Å². The zero-order valence-electron chi connectivity index (χ0n) is 10.6. The van der Waals surface area contributed by atoms with Crippen molar-refractivity contribution in [3.05, 3.63) is 53.3 Å². The van der Waals surface area contributed by atoms with Gasteiger partial charge in [0.05, 0.1) is 0 Å². The standard InChI is InChI=1S/C15H12FNO3/c16-10-3-1-2-9(6-10)15(18)11-7-13-14(8-12(11)17)20-5-4-19-13/h1-3,6-8H,4-5,17H2. The van der Waals surface area contributed by atoms with Gasteiger partial charge in [-0.25, -0.2) is 4.39 Å². The number of carbonyl (C=O) groups excluding carboxylic acids is 1. The maximum atomic E-state index is 13.2. The number of halogens is 1. The minimum Gasteiger partial charge on any atom is -0.486 e. The molecule has 102 valence electrons. The Morgan fingerprint density at radius 3 is 2.50 bits per heavy atom. The number of ether oxygens (including phenoxy) is 2. The molecular weight excluding hydrogens is 261 g/mol. The van der Waals surface area contributed by atoms with E-state index in [4.69, 9.17) is 15.2 Å². The van der Waals surface area contributed by atoms with Crippen molar-refractivity contribution in [2.45, 2.75) is 0 Å². The lowest BCUT2D eigenvalue weighted by Gasteiger charge is -2.19. The van der Waals surface area contributed by atoms with Gasteiger partial charge in [-0.2, -0.15) is 0 Å².